The minimum absolute atomic E-state index is 0.153. The molecule has 3 rings (SSSR count). The average Bonchev–Trinajstić information content (AvgIpc) is 3.05. The number of carbonyl (C=O) groups is 1. The molecule has 2 aromatic heterocycles. The number of hydrogen-bond acceptors (Lipinski definition) is 6. The van der Waals surface area contributed by atoms with Gasteiger partial charge < -0.3 is 10.6 Å². The molecule has 1 amide bonds. The van der Waals surface area contributed by atoms with Crippen molar-refractivity contribution in [1.29, 1.82) is 0 Å². The maximum Gasteiger partial charge on any atom is 0.220 e. The third-order valence-electron chi connectivity index (χ3n) is 4.93. The van der Waals surface area contributed by atoms with Gasteiger partial charge in [-0.2, -0.15) is 5.10 Å². The lowest BCUT2D eigenvalue weighted by atomic mass is 9.87. The fourth-order valence-electron chi connectivity index (χ4n) is 3.60. The van der Waals surface area contributed by atoms with Gasteiger partial charge in [0.1, 0.15) is 5.82 Å². The van der Waals surface area contributed by atoms with E-state index in [9.17, 15) is 4.79 Å². The van der Waals surface area contributed by atoms with Crippen LogP contribution in [0.4, 0.5) is 5.82 Å². The molecular weight excluding hydrogens is 360 g/mol. The van der Waals surface area contributed by atoms with Crippen molar-refractivity contribution in [3.8, 4) is 0 Å². The van der Waals surface area contributed by atoms with Crippen LogP contribution < -0.4 is 10.6 Å². The van der Waals surface area contributed by atoms with Crippen LogP contribution in [0.5, 0.6) is 0 Å². The first kappa shape index (κ1) is 19.9. The first-order chi connectivity index (χ1) is 13.1. The molecule has 2 N–H and O–H groups in total. The van der Waals surface area contributed by atoms with E-state index in [0.29, 0.717) is 30.6 Å². The summed E-state index contributed by atoms with van der Waals surface area (Å²) in [6, 6.07) is 0.278. The topological polar surface area (TPSA) is 84.7 Å². The Balaban J connectivity index is 1.62. The van der Waals surface area contributed by atoms with Crippen LogP contribution in [0.1, 0.15) is 52.4 Å². The lowest BCUT2D eigenvalue weighted by molar-refractivity contribution is -0.122. The zero-order valence-electron chi connectivity index (χ0n) is 16.5. The highest BCUT2D eigenvalue weighted by Gasteiger charge is 2.17. The molecule has 0 atom stereocenters. The van der Waals surface area contributed by atoms with Gasteiger partial charge in [-0.25, -0.2) is 14.6 Å². The van der Waals surface area contributed by atoms with Crippen LogP contribution in [-0.4, -0.2) is 44.5 Å². The number of carbonyl (C=O) groups excluding carboxylic acids is 1. The molecule has 2 heterocycles. The van der Waals surface area contributed by atoms with Crippen molar-refractivity contribution in [1.82, 2.24) is 25.1 Å². The Morgan fingerprint density at radius 1 is 1.30 bits per heavy atom. The first-order valence-electron chi connectivity index (χ1n) is 9.87. The Bertz CT molecular complexity index is 769. The molecule has 1 aliphatic carbocycles. The zero-order valence-corrected chi connectivity index (χ0v) is 17.3. The van der Waals surface area contributed by atoms with Crippen LogP contribution in [-0.2, 0) is 11.3 Å². The highest BCUT2D eigenvalue weighted by atomic mass is 32.2. The molecule has 0 aliphatic heterocycles. The second-order valence-electron chi connectivity index (χ2n) is 7.52. The van der Waals surface area contributed by atoms with Gasteiger partial charge in [-0.3, -0.25) is 4.79 Å². The maximum absolute atomic E-state index is 12.2. The highest BCUT2D eigenvalue weighted by molar-refractivity contribution is 7.98. The number of aromatic nitrogens is 4. The summed E-state index contributed by atoms with van der Waals surface area (Å²) in [6.07, 6.45) is 10.6. The Hall–Kier alpha value is -1.83. The molecule has 0 saturated heterocycles. The standard InChI is InChI=1S/C19H30N6OS/c1-13(2)22-17-15-12-21-25(18(15)24-19(23-17)27-3)10-9-20-16(26)11-14-7-5-4-6-8-14/h12-14H,4-11H2,1-3H3,(H,20,26)(H,22,23,24). The van der Waals surface area contributed by atoms with Crippen molar-refractivity contribution < 1.29 is 4.79 Å². The number of anilines is 1. The summed E-state index contributed by atoms with van der Waals surface area (Å²) in [5, 5.41) is 12.5. The second-order valence-corrected chi connectivity index (χ2v) is 8.29. The van der Waals surface area contributed by atoms with Crippen molar-refractivity contribution >= 4 is 34.5 Å². The summed E-state index contributed by atoms with van der Waals surface area (Å²) in [5.41, 5.74) is 0.805. The minimum Gasteiger partial charge on any atom is -0.367 e. The number of fused-ring (bicyclic) bond motifs is 1. The van der Waals surface area contributed by atoms with Crippen molar-refractivity contribution in [3.05, 3.63) is 6.20 Å². The number of nitrogens with zero attached hydrogens (tertiary/aromatic N) is 4. The lowest BCUT2D eigenvalue weighted by Crippen LogP contribution is -2.29. The molecule has 148 valence electrons. The Kier molecular flexibility index (Phi) is 6.93. The van der Waals surface area contributed by atoms with E-state index in [1.165, 1.54) is 43.9 Å². The summed E-state index contributed by atoms with van der Waals surface area (Å²) in [5.74, 6) is 1.53. The van der Waals surface area contributed by atoms with Crippen molar-refractivity contribution in [2.75, 3.05) is 18.1 Å². The van der Waals surface area contributed by atoms with E-state index in [0.717, 1.165) is 16.9 Å². The van der Waals surface area contributed by atoms with Crippen molar-refractivity contribution in [2.24, 2.45) is 5.92 Å². The normalized spacial score (nSPS) is 15.4. The van der Waals surface area contributed by atoms with Crippen LogP contribution in [0, 0.1) is 5.92 Å². The zero-order chi connectivity index (χ0) is 19.2. The summed E-state index contributed by atoms with van der Waals surface area (Å²) in [4.78, 5) is 21.4. The fourth-order valence-corrected chi connectivity index (χ4v) is 3.96. The molecule has 2 aromatic rings. The molecule has 0 spiro atoms. The predicted molar refractivity (Wildman–Crippen MR) is 110 cm³/mol. The van der Waals surface area contributed by atoms with E-state index in [2.05, 4.69) is 39.5 Å². The van der Waals surface area contributed by atoms with Gasteiger partial charge in [0, 0.05) is 19.0 Å². The Morgan fingerprint density at radius 2 is 2.07 bits per heavy atom. The third kappa shape index (κ3) is 5.34. The predicted octanol–water partition coefficient (Wildman–Crippen LogP) is 3.46. The molecule has 1 fully saturated rings. The third-order valence-corrected chi connectivity index (χ3v) is 5.48. The van der Waals surface area contributed by atoms with Crippen LogP contribution in [0.25, 0.3) is 11.0 Å². The Morgan fingerprint density at radius 3 is 2.78 bits per heavy atom. The summed E-state index contributed by atoms with van der Waals surface area (Å²) in [7, 11) is 0. The molecule has 1 aliphatic rings. The molecule has 0 bridgehead atoms. The minimum atomic E-state index is 0.153. The number of rotatable bonds is 8. The van der Waals surface area contributed by atoms with Crippen LogP contribution in [0.2, 0.25) is 0 Å². The maximum atomic E-state index is 12.2. The van der Waals surface area contributed by atoms with E-state index in [1.807, 2.05) is 10.9 Å². The monoisotopic (exact) mass is 390 g/mol. The Labute approximate surface area is 165 Å². The second kappa shape index (κ2) is 9.39. The van der Waals surface area contributed by atoms with Crippen molar-refractivity contribution in [3.63, 3.8) is 0 Å². The van der Waals surface area contributed by atoms with Gasteiger partial charge in [-0.05, 0) is 38.9 Å². The molecular formula is C19H30N6OS. The van der Waals surface area contributed by atoms with Gasteiger partial charge in [0.05, 0.1) is 18.1 Å². The number of nitrogens with one attached hydrogen (secondary N) is 2. The van der Waals surface area contributed by atoms with E-state index < -0.39 is 0 Å². The van der Waals surface area contributed by atoms with Gasteiger partial charge in [-0.15, -0.1) is 0 Å². The van der Waals surface area contributed by atoms with Gasteiger partial charge in [-0.1, -0.05) is 31.0 Å². The van der Waals surface area contributed by atoms with Crippen molar-refractivity contribution in [2.45, 2.75) is 70.1 Å². The van der Waals surface area contributed by atoms with E-state index in [4.69, 9.17) is 0 Å². The van der Waals surface area contributed by atoms with E-state index >= 15 is 0 Å². The van der Waals surface area contributed by atoms with Gasteiger partial charge in [0.2, 0.25) is 5.91 Å². The van der Waals surface area contributed by atoms with E-state index in [1.54, 1.807) is 6.20 Å². The number of amides is 1. The summed E-state index contributed by atoms with van der Waals surface area (Å²) >= 11 is 1.51. The molecule has 7 nitrogen and oxygen atoms in total. The number of thioether (sulfide) groups is 1. The highest BCUT2D eigenvalue weighted by Crippen LogP contribution is 2.26. The molecule has 0 aromatic carbocycles. The van der Waals surface area contributed by atoms with Crippen LogP contribution in [0.3, 0.4) is 0 Å². The van der Waals surface area contributed by atoms with Gasteiger partial charge in [0.25, 0.3) is 0 Å². The average molecular weight is 391 g/mol. The van der Waals surface area contributed by atoms with E-state index in [-0.39, 0.29) is 11.9 Å². The van der Waals surface area contributed by atoms with Crippen LogP contribution in [0.15, 0.2) is 11.4 Å². The lowest BCUT2D eigenvalue weighted by Gasteiger charge is -2.20. The van der Waals surface area contributed by atoms with Crippen LogP contribution >= 0.6 is 11.8 Å². The molecule has 27 heavy (non-hydrogen) atoms. The van der Waals surface area contributed by atoms with Gasteiger partial charge >= 0.3 is 0 Å². The quantitative estimate of drug-likeness (QED) is 0.530. The SMILES string of the molecule is CSc1nc(NC(C)C)c2cnn(CCNC(=O)CC3CCCCC3)c2n1. The summed E-state index contributed by atoms with van der Waals surface area (Å²) < 4.78 is 1.85. The molecule has 0 unspecified atom stereocenters. The fraction of sp³-hybridized carbons (Fsp3) is 0.684. The number of hydrogen-bond donors (Lipinski definition) is 2. The summed E-state index contributed by atoms with van der Waals surface area (Å²) in [6.45, 7) is 5.33. The smallest absolute Gasteiger partial charge is 0.220 e. The van der Waals surface area contributed by atoms with Gasteiger partial charge in [0.15, 0.2) is 10.8 Å². The molecule has 1 saturated carbocycles. The largest absolute Gasteiger partial charge is 0.367 e. The first-order valence-corrected chi connectivity index (χ1v) is 11.1. The molecule has 8 heteroatoms. The molecule has 0 radical (unpaired) electrons.